The molecular formula is C15H17N3O5. The maximum Gasteiger partial charge on any atom is 0.270 e. The van der Waals surface area contributed by atoms with Crippen molar-refractivity contribution in [2.75, 3.05) is 14.1 Å². The lowest BCUT2D eigenvalue weighted by atomic mass is 9.92. The molecule has 0 radical (unpaired) electrons. The van der Waals surface area contributed by atoms with Crippen molar-refractivity contribution in [2.45, 2.75) is 19.4 Å². The minimum atomic E-state index is -0.690. The van der Waals surface area contributed by atoms with Gasteiger partial charge in [0.25, 0.3) is 11.9 Å². The van der Waals surface area contributed by atoms with Gasteiger partial charge in [0.2, 0.25) is 0 Å². The molecule has 0 fully saturated rings. The van der Waals surface area contributed by atoms with E-state index in [4.69, 9.17) is 4.74 Å². The van der Waals surface area contributed by atoms with E-state index in [9.17, 15) is 20.2 Å². The monoisotopic (exact) mass is 319 g/mol. The summed E-state index contributed by atoms with van der Waals surface area (Å²) in [5.41, 5.74) is 0.539. The lowest BCUT2D eigenvalue weighted by molar-refractivity contribution is -0.403. The minimum Gasteiger partial charge on any atom is -0.483 e. The molecule has 8 heteroatoms. The number of nitro benzene ring substituents is 1. The Morgan fingerprint density at radius 1 is 1.26 bits per heavy atom. The van der Waals surface area contributed by atoms with Gasteiger partial charge < -0.3 is 9.64 Å². The van der Waals surface area contributed by atoms with Crippen LogP contribution in [0.1, 0.15) is 19.4 Å². The molecule has 1 aromatic rings. The molecule has 0 saturated carbocycles. The van der Waals surface area contributed by atoms with Crippen molar-refractivity contribution in [3.63, 3.8) is 0 Å². The average Bonchev–Trinajstić information content (AvgIpc) is 2.41. The number of nitrogens with zero attached hydrogens (tertiary/aromatic N) is 3. The first-order valence-electron chi connectivity index (χ1n) is 6.84. The molecule has 1 heterocycles. The number of hydrogen-bond acceptors (Lipinski definition) is 6. The molecule has 23 heavy (non-hydrogen) atoms. The van der Waals surface area contributed by atoms with E-state index in [1.54, 1.807) is 25.1 Å². The van der Waals surface area contributed by atoms with E-state index in [-0.39, 0.29) is 5.69 Å². The number of nitro groups is 2. The molecule has 1 aliphatic heterocycles. The fraction of sp³-hybridized carbons (Fsp3) is 0.333. The van der Waals surface area contributed by atoms with Crippen LogP contribution in [0.5, 0.6) is 5.75 Å². The third-order valence-electron chi connectivity index (χ3n) is 3.31. The fourth-order valence-corrected chi connectivity index (χ4v) is 2.41. The summed E-state index contributed by atoms with van der Waals surface area (Å²) >= 11 is 0. The number of hydrogen-bond donors (Lipinski definition) is 0. The van der Waals surface area contributed by atoms with Crippen LogP contribution in [-0.2, 0) is 0 Å². The van der Waals surface area contributed by atoms with Crippen LogP contribution in [0.2, 0.25) is 0 Å². The van der Waals surface area contributed by atoms with E-state index in [0.29, 0.717) is 22.6 Å². The van der Waals surface area contributed by atoms with Gasteiger partial charge in [0.1, 0.15) is 17.0 Å². The fourth-order valence-electron chi connectivity index (χ4n) is 2.41. The summed E-state index contributed by atoms with van der Waals surface area (Å²) < 4.78 is 5.80. The Morgan fingerprint density at radius 2 is 1.91 bits per heavy atom. The molecular weight excluding hydrogens is 302 g/mol. The number of rotatable bonds is 4. The van der Waals surface area contributed by atoms with E-state index in [2.05, 4.69) is 0 Å². The standard InChI is InChI=1S/C15H17N3O5/c1-15(2)8-12(13(16(3)4)9-17(19)20)11-7-10(18(21)22)5-6-14(11)23-15/h5-9H,1-4H3/b13-9-. The smallest absolute Gasteiger partial charge is 0.270 e. The van der Waals surface area contributed by atoms with Crippen molar-refractivity contribution < 1.29 is 14.6 Å². The van der Waals surface area contributed by atoms with Crippen molar-refractivity contribution >= 4 is 11.3 Å². The van der Waals surface area contributed by atoms with E-state index >= 15 is 0 Å². The van der Waals surface area contributed by atoms with Crippen molar-refractivity contribution in [3.8, 4) is 5.75 Å². The van der Waals surface area contributed by atoms with Crippen LogP contribution in [-0.4, -0.2) is 34.4 Å². The predicted octanol–water partition coefficient (Wildman–Crippen LogP) is 2.83. The Kier molecular flexibility index (Phi) is 4.09. The second-order valence-corrected chi connectivity index (χ2v) is 5.90. The average molecular weight is 319 g/mol. The van der Waals surface area contributed by atoms with Gasteiger partial charge in [-0.3, -0.25) is 20.2 Å². The van der Waals surface area contributed by atoms with Crippen LogP contribution in [0, 0.1) is 20.2 Å². The Morgan fingerprint density at radius 3 is 2.43 bits per heavy atom. The normalized spacial score (nSPS) is 16.0. The first-order valence-corrected chi connectivity index (χ1v) is 6.84. The van der Waals surface area contributed by atoms with E-state index in [1.165, 1.54) is 18.2 Å². The maximum absolute atomic E-state index is 11.0. The van der Waals surface area contributed by atoms with Crippen LogP contribution < -0.4 is 4.74 Å². The number of benzene rings is 1. The highest BCUT2D eigenvalue weighted by Gasteiger charge is 2.31. The highest BCUT2D eigenvalue weighted by molar-refractivity contribution is 5.84. The summed E-state index contributed by atoms with van der Waals surface area (Å²) in [6, 6.07) is 4.24. The van der Waals surface area contributed by atoms with Crippen LogP contribution in [0.15, 0.2) is 36.2 Å². The third kappa shape index (κ3) is 3.47. The number of non-ortho nitro benzene ring substituents is 1. The van der Waals surface area contributed by atoms with Gasteiger partial charge in [-0.05, 0) is 26.0 Å². The lowest BCUT2D eigenvalue weighted by Gasteiger charge is -2.32. The number of fused-ring (bicyclic) bond motifs is 1. The van der Waals surface area contributed by atoms with Gasteiger partial charge in [-0.15, -0.1) is 0 Å². The van der Waals surface area contributed by atoms with Crippen LogP contribution >= 0.6 is 0 Å². The van der Waals surface area contributed by atoms with Gasteiger partial charge >= 0.3 is 0 Å². The van der Waals surface area contributed by atoms with Crippen molar-refractivity contribution in [3.05, 3.63) is 62.0 Å². The largest absolute Gasteiger partial charge is 0.483 e. The van der Waals surface area contributed by atoms with Gasteiger partial charge in [0.15, 0.2) is 0 Å². The summed E-state index contributed by atoms with van der Waals surface area (Å²) in [5.74, 6) is 0.453. The summed E-state index contributed by atoms with van der Waals surface area (Å²) in [5, 5.41) is 22.0. The maximum atomic E-state index is 11.0. The SMILES string of the molecule is CN(C)/C(=C\[N+](=O)[O-])C1=CC(C)(C)Oc2ccc([N+](=O)[O-])cc21. The summed E-state index contributed by atoms with van der Waals surface area (Å²) in [6.45, 7) is 3.63. The molecule has 2 rings (SSSR count). The topological polar surface area (TPSA) is 98.8 Å². The quantitative estimate of drug-likeness (QED) is 0.625. The Balaban J connectivity index is 2.70. The highest BCUT2D eigenvalue weighted by Crippen LogP contribution is 2.41. The van der Waals surface area contributed by atoms with Gasteiger partial charge in [-0.2, -0.15) is 0 Å². The molecule has 0 N–H and O–H groups in total. The van der Waals surface area contributed by atoms with Crippen LogP contribution in [0.25, 0.3) is 5.57 Å². The Hall–Kier alpha value is -2.90. The summed E-state index contributed by atoms with van der Waals surface area (Å²) in [6.07, 6.45) is 2.62. The van der Waals surface area contributed by atoms with Crippen molar-refractivity contribution in [2.24, 2.45) is 0 Å². The van der Waals surface area contributed by atoms with Crippen molar-refractivity contribution in [1.82, 2.24) is 4.90 Å². The molecule has 8 nitrogen and oxygen atoms in total. The zero-order valence-corrected chi connectivity index (χ0v) is 13.3. The van der Waals surface area contributed by atoms with Gasteiger partial charge in [-0.25, -0.2) is 0 Å². The lowest BCUT2D eigenvalue weighted by Crippen LogP contribution is -2.30. The Labute approximate surface area is 133 Å². The van der Waals surface area contributed by atoms with E-state index in [1.807, 2.05) is 13.8 Å². The van der Waals surface area contributed by atoms with Gasteiger partial charge in [-0.1, -0.05) is 0 Å². The Bertz CT molecular complexity index is 735. The molecule has 0 aromatic heterocycles. The molecule has 1 aliphatic rings. The molecule has 0 saturated heterocycles. The number of ether oxygens (including phenoxy) is 1. The highest BCUT2D eigenvalue weighted by atomic mass is 16.6. The second-order valence-electron chi connectivity index (χ2n) is 5.90. The zero-order chi connectivity index (χ0) is 17.4. The molecule has 122 valence electrons. The molecule has 0 atom stereocenters. The molecule has 1 aromatic carbocycles. The van der Waals surface area contributed by atoms with Crippen LogP contribution in [0.3, 0.4) is 0 Å². The summed E-state index contributed by atoms with van der Waals surface area (Å²) in [4.78, 5) is 22.5. The number of allylic oxidation sites excluding steroid dienone is 1. The third-order valence-corrected chi connectivity index (χ3v) is 3.31. The zero-order valence-electron chi connectivity index (χ0n) is 13.3. The first-order chi connectivity index (χ1) is 10.6. The van der Waals surface area contributed by atoms with Crippen molar-refractivity contribution in [1.29, 1.82) is 0 Å². The first kappa shape index (κ1) is 16.5. The summed E-state index contributed by atoms with van der Waals surface area (Å²) in [7, 11) is 3.35. The molecule has 0 spiro atoms. The minimum absolute atomic E-state index is 0.0998. The van der Waals surface area contributed by atoms with Gasteiger partial charge in [0, 0.05) is 37.4 Å². The molecule has 0 bridgehead atoms. The molecule has 0 aliphatic carbocycles. The van der Waals surface area contributed by atoms with Gasteiger partial charge in [0.05, 0.1) is 9.85 Å². The predicted molar refractivity (Wildman–Crippen MR) is 84.5 cm³/mol. The molecule has 0 unspecified atom stereocenters. The number of likely N-dealkylation sites (N-methyl/N-ethyl adjacent to an activating group) is 1. The van der Waals surface area contributed by atoms with E-state index in [0.717, 1.165) is 6.20 Å². The van der Waals surface area contributed by atoms with E-state index < -0.39 is 15.4 Å². The second kappa shape index (κ2) is 5.71. The molecule has 0 amide bonds. The van der Waals surface area contributed by atoms with Crippen LogP contribution in [0.4, 0.5) is 5.69 Å².